The lowest BCUT2D eigenvalue weighted by Gasteiger charge is -2.03. The third kappa shape index (κ3) is 1.90. The van der Waals surface area contributed by atoms with Crippen LogP contribution in [0.3, 0.4) is 0 Å². The van der Waals surface area contributed by atoms with Crippen molar-refractivity contribution in [1.82, 2.24) is 9.38 Å². The Morgan fingerprint density at radius 3 is 2.89 bits per heavy atom. The number of imidazole rings is 1. The van der Waals surface area contributed by atoms with Crippen molar-refractivity contribution < 1.29 is 18.3 Å². The Morgan fingerprint density at radius 2 is 2.26 bits per heavy atom. The summed E-state index contributed by atoms with van der Waals surface area (Å²) in [5, 5.41) is 8.49. The molecule has 2 aromatic heterocycles. The molecule has 1 aliphatic rings. The fraction of sp³-hybridized carbons (Fsp3) is 0.333. The van der Waals surface area contributed by atoms with Crippen molar-refractivity contribution in [2.24, 2.45) is 0 Å². The molecule has 7 heteroatoms. The number of hydrogen-bond donors (Lipinski definition) is 1. The first kappa shape index (κ1) is 12.2. The van der Waals surface area contributed by atoms with Gasteiger partial charge in [0.05, 0.1) is 11.4 Å². The highest BCUT2D eigenvalue weighted by Gasteiger charge is 2.34. The molecule has 0 aromatic carbocycles. The summed E-state index contributed by atoms with van der Waals surface area (Å²) in [7, 11) is -3.14. The average Bonchev–Trinajstić information content (AvgIpc) is 2.90. The number of hydrogen-bond acceptors (Lipinski definition) is 4. The van der Waals surface area contributed by atoms with Crippen molar-refractivity contribution in [3.05, 3.63) is 35.8 Å². The van der Waals surface area contributed by atoms with Crippen LogP contribution in [-0.2, 0) is 9.84 Å². The highest BCUT2D eigenvalue weighted by molar-refractivity contribution is 7.91. The number of sulfone groups is 1. The molecule has 3 rings (SSSR count). The number of carbonyl (C=O) groups is 1. The molecule has 1 saturated heterocycles. The Kier molecular flexibility index (Phi) is 2.60. The topological polar surface area (TPSA) is 88.7 Å². The Morgan fingerprint density at radius 1 is 1.47 bits per heavy atom. The van der Waals surface area contributed by atoms with E-state index in [0.717, 1.165) is 0 Å². The third-order valence-electron chi connectivity index (χ3n) is 3.39. The van der Waals surface area contributed by atoms with Crippen LogP contribution in [0, 0.1) is 0 Å². The maximum absolute atomic E-state index is 11.9. The Bertz CT molecular complexity index is 763. The minimum Gasteiger partial charge on any atom is -0.478 e. The molecule has 0 amide bonds. The molecule has 100 valence electrons. The molecule has 0 spiro atoms. The molecular weight excluding hydrogens is 268 g/mol. The largest absolute Gasteiger partial charge is 0.478 e. The van der Waals surface area contributed by atoms with Gasteiger partial charge in [-0.1, -0.05) is 0 Å². The van der Waals surface area contributed by atoms with Gasteiger partial charge in [-0.25, -0.2) is 18.2 Å². The number of pyridine rings is 1. The van der Waals surface area contributed by atoms with Crippen molar-refractivity contribution in [3.8, 4) is 0 Å². The van der Waals surface area contributed by atoms with E-state index in [-0.39, 0.29) is 17.0 Å². The molecule has 1 atom stereocenters. The quantitative estimate of drug-likeness (QED) is 0.895. The minimum atomic E-state index is -3.14. The predicted molar refractivity (Wildman–Crippen MR) is 67.9 cm³/mol. The molecule has 3 heterocycles. The van der Waals surface area contributed by atoms with Crippen LogP contribution in [0.15, 0.2) is 24.5 Å². The molecule has 0 saturated carbocycles. The number of aromatic nitrogens is 2. The minimum absolute atomic E-state index is 0.0733. The van der Waals surface area contributed by atoms with Crippen LogP contribution in [0.4, 0.5) is 0 Å². The molecule has 1 aliphatic heterocycles. The first-order valence-electron chi connectivity index (χ1n) is 5.91. The number of carboxylic acid groups (broad SMARTS) is 1. The van der Waals surface area contributed by atoms with Crippen LogP contribution in [0.2, 0.25) is 0 Å². The first-order valence-corrected chi connectivity index (χ1v) is 7.63. The van der Waals surface area contributed by atoms with Crippen LogP contribution < -0.4 is 0 Å². The second-order valence-corrected chi connectivity index (χ2v) is 6.92. The van der Waals surface area contributed by atoms with Gasteiger partial charge in [-0.05, 0) is 25.0 Å². The van der Waals surface area contributed by atoms with Gasteiger partial charge < -0.3 is 9.51 Å². The fourth-order valence-electron chi connectivity index (χ4n) is 2.48. The van der Waals surface area contributed by atoms with Gasteiger partial charge in [0.15, 0.2) is 15.5 Å². The highest BCUT2D eigenvalue weighted by atomic mass is 32.2. The van der Waals surface area contributed by atoms with Crippen molar-refractivity contribution in [3.63, 3.8) is 0 Å². The van der Waals surface area contributed by atoms with E-state index in [0.29, 0.717) is 18.5 Å². The van der Waals surface area contributed by atoms with Crippen LogP contribution in [-0.4, -0.2) is 34.6 Å². The second-order valence-electron chi connectivity index (χ2n) is 4.62. The number of fused-ring (bicyclic) bond motifs is 1. The monoisotopic (exact) mass is 280 g/mol. The van der Waals surface area contributed by atoms with Crippen LogP contribution >= 0.6 is 0 Å². The SMILES string of the molecule is O=C(O)c1cccn2cc(C3CCCS3(=O)=O)nc12. The summed E-state index contributed by atoms with van der Waals surface area (Å²) < 4.78 is 25.3. The second kappa shape index (κ2) is 4.06. The number of nitrogens with zero attached hydrogens (tertiary/aromatic N) is 2. The van der Waals surface area contributed by atoms with Gasteiger partial charge in [0, 0.05) is 12.4 Å². The lowest BCUT2D eigenvalue weighted by Crippen LogP contribution is -2.08. The number of carboxylic acids is 1. The van der Waals surface area contributed by atoms with Gasteiger partial charge in [-0.2, -0.15) is 0 Å². The first-order chi connectivity index (χ1) is 8.99. The van der Waals surface area contributed by atoms with E-state index < -0.39 is 21.1 Å². The standard InChI is InChI=1S/C12H12N2O4S/c15-12(16)8-3-1-5-14-7-9(13-11(8)14)10-4-2-6-19(10,17)18/h1,3,5,7,10H,2,4,6H2,(H,15,16). The molecule has 19 heavy (non-hydrogen) atoms. The Labute approximate surface area is 109 Å². The van der Waals surface area contributed by atoms with Crippen LogP contribution in [0.25, 0.3) is 5.65 Å². The van der Waals surface area contributed by atoms with E-state index in [1.807, 2.05) is 0 Å². The Hall–Kier alpha value is -1.89. The average molecular weight is 280 g/mol. The van der Waals surface area contributed by atoms with Gasteiger partial charge in [-0.3, -0.25) is 0 Å². The maximum atomic E-state index is 11.9. The summed E-state index contributed by atoms with van der Waals surface area (Å²) in [5.74, 6) is -0.894. The lowest BCUT2D eigenvalue weighted by atomic mass is 10.2. The lowest BCUT2D eigenvalue weighted by molar-refractivity contribution is 0.0698. The fourth-order valence-corrected chi connectivity index (χ4v) is 4.34. The van der Waals surface area contributed by atoms with E-state index >= 15 is 0 Å². The smallest absolute Gasteiger partial charge is 0.339 e. The molecule has 1 N–H and O–H groups in total. The normalized spacial score (nSPS) is 21.8. The summed E-state index contributed by atoms with van der Waals surface area (Å²) in [6.07, 6.45) is 4.45. The zero-order chi connectivity index (χ0) is 13.6. The van der Waals surface area contributed by atoms with Crippen molar-refractivity contribution >= 4 is 21.5 Å². The van der Waals surface area contributed by atoms with E-state index in [4.69, 9.17) is 5.11 Å². The van der Waals surface area contributed by atoms with Gasteiger partial charge in [-0.15, -0.1) is 0 Å². The van der Waals surface area contributed by atoms with Crippen molar-refractivity contribution in [1.29, 1.82) is 0 Å². The predicted octanol–water partition coefficient (Wildman–Crippen LogP) is 1.28. The van der Waals surface area contributed by atoms with E-state index in [1.54, 1.807) is 22.9 Å². The molecular formula is C12H12N2O4S. The zero-order valence-corrected chi connectivity index (χ0v) is 10.8. The Balaban J connectivity index is 2.17. The van der Waals surface area contributed by atoms with Gasteiger partial charge in [0.25, 0.3) is 0 Å². The molecule has 6 nitrogen and oxygen atoms in total. The molecule has 2 aromatic rings. The zero-order valence-electron chi connectivity index (χ0n) is 9.98. The molecule has 0 radical (unpaired) electrons. The molecule has 0 bridgehead atoms. The van der Waals surface area contributed by atoms with Gasteiger partial charge in [0.1, 0.15) is 10.8 Å². The van der Waals surface area contributed by atoms with Gasteiger partial charge in [0.2, 0.25) is 0 Å². The summed E-state index contributed by atoms with van der Waals surface area (Å²) in [5.41, 5.74) is 0.794. The van der Waals surface area contributed by atoms with E-state index in [2.05, 4.69) is 4.98 Å². The summed E-state index contributed by atoms with van der Waals surface area (Å²) in [6, 6.07) is 3.06. The summed E-state index contributed by atoms with van der Waals surface area (Å²) in [6.45, 7) is 0. The van der Waals surface area contributed by atoms with Crippen molar-refractivity contribution in [2.45, 2.75) is 18.1 Å². The third-order valence-corrected chi connectivity index (χ3v) is 5.59. The van der Waals surface area contributed by atoms with E-state index in [1.165, 1.54) is 6.07 Å². The van der Waals surface area contributed by atoms with Gasteiger partial charge >= 0.3 is 5.97 Å². The highest BCUT2D eigenvalue weighted by Crippen LogP contribution is 2.34. The van der Waals surface area contributed by atoms with Crippen LogP contribution in [0.1, 0.15) is 34.1 Å². The number of aromatic carboxylic acids is 1. The molecule has 0 aliphatic carbocycles. The molecule has 1 unspecified atom stereocenters. The summed E-state index contributed by atoms with van der Waals surface area (Å²) >= 11 is 0. The molecule has 1 fully saturated rings. The number of rotatable bonds is 2. The van der Waals surface area contributed by atoms with Crippen LogP contribution in [0.5, 0.6) is 0 Å². The van der Waals surface area contributed by atoms with Crippen molar-refractivity contribution in [2.75, 3.05) is 5.75 Å². The maximum Gasteiger partial charge on any atom is 0.339 e. The van der Waals surface area contributed by atoms with E-state index in [9.17, 15) is 13.2 Å². The summed E-state index contributed by atoms with van der Waals surface area (Å²) in [4.78, 5) is 15.3.